The van der Waals surface area contributed by atoms with Gasteiger partial charge in [0.15, 0.2) is 5.96 Å². The summed E-state index contributed by atoms with van der Waals surface area (Å²) < 4.78 is 5.28. The Labute approximate surface area is 166 Å². The lowest BCUT2D eigenvalue weighted by atomic mass is 10.00. The molecule has 7 heteroatoms. The fourth-order valence-corrected chi connectivity index (χ4v) is 3.90. The molecule has 2 heterocycles. The van der Waals surface area contributed by atoms with Gasteiger partial charge < -0.3 is 20.1 Å². The van der Waals surface area contributed by atoms with Crippen LogP contribution in [0.1, 0.15) is 36.3 Å². The van der Waals surface area contributed by atoms with Gasteiger partial charge in [-0.05, 0) is 38.5 Å². The topological polar surface area (TPSA) is 65.7 Å². The number of benzene rings is 1. The van der Waals surface area contributed by atoms with E-state index in [2.05, 4.69) is 38.7 Å². The van der Waals surface area contributed by atoms with Gasteiger partial charge in [-0.2, -0.15) is 0 Å². The van der Waals surface area contributed by atoms with Crippen LogP contribution in [0.3, 0.4) is 0 Å². The Bertz CT molecular complexity index is 784. The van der Waals surface area contributed by atoms with E-state index in [-0.39, 0.29) is 0 Å². The molecule has 3 rings (SSSR count). The zero-order chi connectivity index (χ0) is 19.4. The molecule has 2 atom stereocenters. The lowest BCUT2D eigenvalue weighted by molar-refractivity contribution is 0.391. The number of aliphatic imine (C=N–C) groups is 1. The van der Waals surface area contributed by atoms with Crippen molar-refractivity contribution in [3.05, 3.63) is 46.3 Å². The highest BCUT2D eigenvalue weighted by atomic mass is 35.5. The summed E-state index contributed by atoms with van der Waals surface area (Å²) in [5.41, 5.74) is 3.30. The van der Waals surface area contributed by atoms with Crippen molar-refractivity contribution in [1.82, 2.24) is 15.8 Å². The summed E-state index contributed by atoms with van der Waals surface area (Å²) in [7, 11) is 1.81. The van der Waals surface area contributed by atoms with Crippen molar-refractivity contribution in [3.8, 4) is 0 Å². The maximum atomic E-state index is 6.12. The fraction of sp³-hybridized carbons (Fsp3) is 0.500. The molecule has 1 aliphatic heterocycles. The van der Waals surface area contributed by atoms with Crippen LogP contribution in [0.4, 0.5) is 5.69 Å². The number of hydrogen-bond acceptors (Lipinski definition) is 4. The highest BCUT2D eigenvalue weighted by molar-refractivity contribution is 6.30. The second kappa shape index (κ2) is 8.65. The van der Waals surface area contributed by atoms with Gasteiger partial charge in [-0.25, -0.2) is 0 Å². The van der Waals surface area contributed by atoms with Gasteiger partial charge in [0.25, 0.3) is 0 Å². The first-order chi connectivity index (χ1) is 13.0. The Kier molecular flexibility index (Phi) is 6.26. The number of aryl methyl sites for hydroxylation is 2. The zero-order valence-corrected chi connectivity index (χ0v) is 17.2. The summed E-state index contributed by atoms with van der Waals surface area (Å²) in [5.74, 6) is 2.01. The lowest BCUT2D eigenvalue weighted by Crippen LogP contribution is -2.45. The molecule has 1 aromatic carbocycles. The molecular weight excluding hydrogens is 362 g/mol. The van der Waals surface area contributed by atoms with E-state index in [0.717, 1.165) is 48.5 Å². The molecule has 1 fully saturated rings. The van der Waals surface area contributed by atoms with E-state index >= 15 is 0 Å². The van der Waals surface area contributed by atoms with Crippen LogP contribution in [0.2, 0.25) is 5.02 Å². The lowest BCUT2D eigenvalue weighted by Gasteiger charge is -2.21. The Morgan fingerprint density at radius 3 is 2.93 bits per heavy atom. The number of rotatable bonds is 5. The van der Waals surface area contributed by atoms with E-state index in [0.29, 0.717) is 12.0 Å². The van der Waals surface area contributed by atoms with Crippen LogP contribution >= 0.6 is 11.6 Å². The fourth-order valence-electron chi connectivity index (χ4n) is 3.72. The predicted molar refractivity (Wildman–Crippen MR) is 111 cm³/mol. The molecule has 6 nitrogen and oxygen atoms in total. The molecule has 0 saturated carbocycles. The van der Waals surface area contributed by atoms with E-state index < -0.39 is 0 Å². The van der Waals surface area contributed by atoms with Gasteiger partial charge in [0.05, 0.1) is 5.69 Å². The van der Waals surface area contributed by atoms with Crippen LogP contribution < -0.4 is 15.5 Å². The maximum Gasteiger partial charge on any atom is 0.191 e. The number of anilines is 1. The van der Waals surface area contributed by atoms with Crippen LogP contribution in [0.5, 0.6) is 0 Å². The summed E-state index contributed by atoms with van der Waals surface area (Å²) in [6.45, 7) is 8.82. The predicted octanol–water partition coefficient (Wildman–Crippen LogP) is 3.49. The molecule has 2 unspecified atom stereocenters. The van der Waals surface area contributed by atoms with Crippen molar-refractivity contribution in [2.24, 2.45) is 4.99 Å². The Balaban J connectivity index is 1.52. The van der Waals surface area contributed by atoms with Crippen LogP contribution in [0.15, 0.2) is 33.8 Å². The molecule has 0 spiro atoms. The van der Waals surface area contributed by atoms with E-state index in [9.17, 15) is 0 Å². The third kappa shape index (κ3) is 4.75. The third-order valence-corrected chi connectivity index (χ3v) is 5.32. The maximum absolute atomic E-state index is 6.12. The molecular formula is C20H28ClN5O. The van der Waals surface area contributed by atoms with Crippen LogP contribution in [-0.2, 0) is 0 Å². The summed E-state index contributed by atoms with van der Waals surface area (Å²) >= 11 is 6.12. The van der Waals surface area contributed by atoms with Crippen molar-refractivity contribution in [3.63, 3.8) is 0 Å². The van der Waals surface area contributed by atoms with Gasteiger partial charge in [-0.3, -0.25) is 4.99 Å². The first-order valence-corrected chi connectivity index (χ1v) is 9.76. The van der Waals surface area contributed by atoms with Gasteiger partial charge in [0.2, 0.25) is 0 Å². The SMILES string of the molecule is CN=C(NCC(C)c1c(C)noc1C)NC1CCN(c2cccc(Cl)c2)C1. The minimum absolute atomic E-state index is 0.293. The van der Waals surface area contributed by atoms with Crippen LogP contribution in [0, 0.1) is 13.8 Å². The number of hydrogen-bond donors (Lipinski definition) is 2. The van der Waals surface area contributed by atoms with E-state index in [1.54, 1.807) is 7.05 Å². The molecule has 27 heavy (non-hydrogen) atoms. The average molecular weight is 390 g/mol. The van der Waals surface area contributed by atoms with E-state index in [1.165, 1.54) is 11.3 Å². The standard InChI is InChI=1S/C20H28ClN5O/c1-13(19-14(2)25-27-15(19)3)11-23-20(22-4)24-17-8-9-26(12-17)18-7-5-6-16(21)10-18/h5-7,10,13,17H,8-9,11-12H2,1-4H3,(H2,22,23,24). The number of aromatic nitrogens is 1. The largest absolute Gasteiger partial charge is 0.369 e. The van der Waals surface area contributed by atoms with Gasteiger partial charge >= 0.3 is 0 Å². The van der Waals surface area contributed by atoms with Crippen molar-refractivity contribution in [2.45, 2.75) is 39.2 Å². The quantitative estimate of drug-likeness (QED) is 0.605. The third-order valence-electron chi connectivity index (χ3n) is 5.08. The highest BCUT2D eigenvalue weighted by Crippen LogP contribution is 2.24. The van der Waals surface area contributed by atoms with Crippen molar-refractivity contribution in [2.75, 3.05) is 31.6 Å². The number of nitrogens with one attached hydrogen (secondary N) is 2. The second-order valence-corrected chi connectivity index (χ2v) is 7.58. The Morgan fingerprint density at radius 1 is 1.44 bits per heavy atom. The number of nitrogens with zero attached hydrogens (tertiary/aromatic N) is 3. The molecule has 0 amide bonds. The molecule has 1 saturated heterocycles. The van der Waals surface area contributed by atoms with E-state index in [1.807, 2.05) is 32.0 Å². The summed E-state index contributed by atoms with van der Waals surface area (Å²) in [4.78, 5) is 6.73. The van der Waals surface area contributed by atoms with Crippen molar-refractivity contribution >= 4 is 23.2 Å². The molecule has 0 aliphatic carbocycles. The first kappa shape index (κ1) is 19.5. The van der Waals surface area contributed by atoms with Crippen molar-refractivity contribution < 1.29 is 4.52 Å². The average Bonchev–Trinajstić information content (AvgIpc) is 3.25. The molecule has 1 aliphatic rings. The number of halogens is 1. The molecule has 2 N–H and O–H groups in total. The van der Waals surface area contributed by atoms with Crippen molar-refractivity contribution in [1.29, 1.82) is 0 Å². The minimum atomic E-state index is 0.293. The molecule has 0 radical (unpaired) electrons. The van der Waals surface area contributed by atoms with Gasteiger partial charge in [-0.15, -0.1) is 0 Å². The number of guanidine groups is 1. The monoisotopic (exact) mass is 389 g/mol. The Hall–Kier alpha value is -2.21. The molecule has 2 aromatic rings. The highest BCUT2D eigenvalue weighted by Gasteiger charge is 2.24. The van der Waals surface area contributed by atoms with Crippen LogP contribution in [-0.4, -0.2) is 43.8 Å². The summed E-state index contributed by atoms with van der Waals surface area (Å²) in [6, 6.07) is 8.37. The summed E-state index contributed by atoms with van der Waals surface area (Å²) in [6.07, 6.45) is 1.06. The normalized spacial score (nSPS) is 18.6. The Morgan fingerprint density at radius 2 is 2.26 bits per heavy atom. The van der Waals surface area contributed by atoms with Gasteiger partial charge in [-0.1, -0.05) is 29.7 Å². The van der Waals surface area contributed by atoms with Gasteiger partial charge in [0.1, 0.15) is 5.76 Å². The zero-order valence-electron chi connectivity index (χ0n) is 16.4. The second-order valence-electron chi connectivity index (χ2n) is 7.15. The molecule has 0 bridgehead atoms. The summed E-state index contributed by atoms with van der Waals surface area (Å²) in [5, 5.41) is 11.8. The van der Waals surface area contributed by atoms with Crippen LogP contribution in [0.25, 0.3) is 0 Å². The minimum Gasteiger partial charge on any atom is -0.369 e. The first-order valence-electron chi connectivity index (χ1n) is 9.38. The molecule has 1 aromatic heterocycles. The molecule has 146 valence electrons. The smallest absolute Gasteiger partial charge is 0.191 e. The van der Waals surface area contributed by atoms with Gasteiger partial charge in [0, 0.05) is 54.9 Å². The van der Waals surface area contributed by atoms with E-state index in [4.69, 9.17) is 16.1 Å².